The normalized spacial score (nSPS) is 22.1. The fraction of sp³-hybridized carbons (Fsp3) is 0.385. The van der Waals surface area contributed by atoms with Crippen molar-refractivity contribution in [2.75, 3.05) is 6.54 Å². The lowest BCUT2D eigenvalue weighted by Crippen LogP contribution is -2.43. The van der Waals surface area contributed by atoms with E-state index in [1.165, 1.54) is 43.5 Å². The Kier molecular flexibility index (Phi) is 5.58. The fourth-order valence-electron chi connectivity index (χ4n) is 5.71. The molecule has 4 aromatic heterocycles. The third-order valence-corrected chi connectivity index (χ3v) is 8.60. The molecule has 1 spiro atoms. The number of pyridine rings is 2. The van der Waals surface area contributed by atoms with Gasteiger partial charge < -0.3 is 5.32 Å². The number of fused-ring (bicyclic) bond motifs is 1. The van der Waals surface area contributed by atoms with Gasteiger partial charge in [0.1, 0.15) is 11.1 Å². The van der Waals surface area contributed by atoms with Gasteiger partial charge in [-0.15, -0.1) is 0 Å². The standard InChI is InChI=1S/C26H26FN7S/c1-17-21(15-32-34(17)20-5-8-26(9-6-20)7-3-11-30-26)18-12-23(35-25-22(27)4-2-10-29-25)24-19(13-28)14-31-33(24)16-18/h2,4,10,12,14-16,20,30H,3,5-9,11H2,1H3/t20-,26-. The molecule has 178 valence electrons. The summed E-state index contributed by atoms with van der Waals surface area (Å²) < 4.78 is 18.3. The molecule has 6 rings (SSSR count). The average molecular weight is 488 g/mol. The highest BCUT2D eigenvalue weighted by Gasteiger charge is 2.38. The second-order valence-electron chi connectivity index (χ2n) is 9.58. The van der Waals surface area contributed by atoms with Crippen LogP contribution in [0.1, 0.15) is 55.8 Å². The molecule has 0 aromatic carbocycles. The molecule has 1 aliphatic carbocycles. The summed E-state index contributed by atoms with van der Waals surface area (Å²) >= 11 is 1.21. The summed E-state index contributed by atoms with van der Waals surface area (Å²) in [7, 11) is 0. The molecule has 1 saturated carbocycles. The van der Waals surface area contributed by atoms with E-state index in [0.29, 0.717) is 22.7 Å². The molecule has 2 aliphatic rings. The Morgan fingerprint density at radius 2 is 2.09 bits per heavy atom. The lowest BCUT2D eigenvalue weighted by Gasteiger charge is -2.38. The Morgan fingerprint density at radius 3 is 2.83 bits per heavy atom. The first-order chi connectivity index (χ1) is 17.1. The lowest BCUT2D eigenvalue weighted by atomic mass is 9.78. The van der Waals surface area contributed by atoms with Crippen molar-refractivity contribution in [2.45, 2.75) is 67.0 Å². The number of hydrogen-bond donors (Lipinski definition) is 1. The molecule has 1 N–H and O–H groups in total. The summed E-state index contributed by atoms with van der Waals surface area (Å²) in [5.74, 6) is -0.394. The van der Waals surface area contributed by atoms with Gasteiger partial charge in [-0.2, -0.15) is 15.5 Å². The summed E-state index contributed by atoms with van der Waals surface area (Å²) in [4.78, 5) is 4.92. The maximum Gasteiger partial charge on any atom is 0.155 e. The van der Waals surface area contributed by atoms with Gasteiger partial charge in [0.05, 0.1) is 29.5 Å². The minimum absolute atomic E-state index is 0.265. The van der Waals surface area contributed by atoms with E-state index in [1.54, 1.807) is 23.0 Å². The first-order valence-electron chi connectivity index (χ1n) is 12.1. The summed E-state index contributed by atoms with van der Waals surface area (Å²) in [6.45, 7) is 3.25. The third kappa shape index (κ3) is 3.91. The Bertz CT molecular complexity index is 1430. The number of halogens is 1. The number of hydrogen-bond acceptors (Lipinski definition) is 6. The van der Waals surface area contributed by atoms with E-state index in [4.69, 9.17) is 5.10 Å². The van der Waals surface area contributed by atoms with Gasteiger partial charge in [-0.25, -0.2) is 13.9 Å². The van der Waals surface area contributed by atoms with Crippen molar-refractivity contribution in [3.05, 3.63) is 60.1 Å². The van der Waals surface area contributed by atoms with Crippen molar-refractivity contribution in [1.82, 2.24) is 29.7 Å². The van der Waals surface area contributed by atoms with Crippen LogP contribution in [0.3, 0.4) is 0 Å². The molecule has 0 amide bonds. The number of nitriles is 1. The van der Waals surface area contributed by atoms with E-state index in [2.05, 4.69) is 33.1 Å². The van der Waals surface area contributed by atoms with Crippen LogP contribution in [0.5, 0.6) is 0 Å². The molecule has 35 heavy (non-hydrogen) atoms. The maximum absolute atomic E-state index is 14.4. The van der Waals surface area contributed by atoms with E-state index in [-0.39, 0.29) is 5.03 Å². The molecular formula is C26H26FN7S. The van der Waals surface area contributed by atoms with Crippen LogP contribution in [-0.4, -0.2) is 36.5 Å². The maximum atomic E-state index is 14.4. The monoisotopic (exact) mass is 487 g/mol. The third-order valence-electron chi connectivity index (χ3n) is 7.57. The van der Waals surface area contributed by atoms with Crippen LogP contribution in [0.2, 0.25) is 0 Å². The SMILES string of the molecule is Cc1c(-c2cc(Sc3ncccc3F)c3c(C#N)cnn3c2)cnn1[C@H]1CC[C@@]2(CCCN2)CC1. The quantitative estimate of drug-likeness (QED) is 0.421. The summed E-state index contributed by atoms with van der Waals surface area (Å²) in [6.07, 6.45) is 14.1. The second kappa shape index (κ2) is 8.77. The minimum Gasteiger partial charge on any atom is -0.311 e. The van der Waals surface area contributed by atoms with Crippen molar-refractivity contribution in [2.24, 2.45) is 0 Å². The van der Waals surface area contributed by atoms with Crippen LogP contribution in [0.25, 0.3) is 16.6 Å². The minimum atomic E-state index is -0.394. The van der Waals surface area contributed by atoms with Crippen LogP contribution in [0.15, 0.2) is 52.9 Å². The van der Waals surface area contributed by atoms with E-state index in [0.717, 1.165) is 41.1 Å². The highest BCUT2D eigenvalue weighted by atomic mass is 32.2. The molecule has 1 saturated heterocycles. The molecule has 4 aromatic rings. The van der Waals surface area contributed by atoms with Crippen LogP contribution in [-0.2, 0) is 0 Å². The van der Waals surface area contributed by atoms with E-state index in [9.17, 15) is 9.65 Å². The molecule has 0 radical (unpaired) electrons. The van der Waals surface area contributed by atoms with Gasteiger partial charge in [0, 0.05) is 39.6 Å². The van der Waals surface area contributed by atoms with Gasteiger partial charge >= 0.3 is 0 Å². The Labute approximate surface area is 207 Å². The lowest BCUT2D eigenvalue weighted by molar-refractivity contribution is 0.202. The topological polar surface area (TPSA) is 83.8 Å². The van der Waals surface area contributed by atoms with Crippen molar-refractivity contribution < 1.29 is 4.39 Å². The van der Waals surface area contributed by atoms with Gasteiger partial charge in [-0.1, -0.05) is 11.8 Å². The molecule has 7 nitrogen and oxygen atoms in total. The van der Waals surface area contributed by atoms with Crippen LogP contribution in [0, 0.1) is 24.1 Å². The molecule has 9 heteroatoms. The Morgan fingerprint density at radius 1 is 1.23 bits per heavy atom. The molecule has 0 atom stereocenters. The van der Waals surface area contributed by atoms with E-state index in [1.807, 2.05) is 18.5 Å². The highest BCUT2D eigenvalue weighted by Crippen LogP contribution is 2.41. The Balaban J connectivity index is 1.36. The zero-order chi connectivity index (χ0) is 24.0. The average Bonchev–Trinajstić information content (AvgIpc) is 3.60. The van der Waals surface area contributed by atoms with Crippen molar-refractivity contribution in [1.29, 1.82) is 5.26 Å². The fourth-order valence-corrected chi connectivity index (χ4v) is 6.69. The number of nitrogens with one attached hydrogen (secondary N) is 1. The molecule has 5 heterocycles. The predicted molar refractivity (Wildman–Crippen MR) is 132 cm³/mol. The van der Waals surface area contributed by atoms with Crippen molar-refractivity contribution in [3.8, 4) is 17.2 Å². The predicted octanol–water partition coefficient (Wildman–Crippen LogP) is 5.30. The van der Waals surface area contributed by atoms with Crippen LogP contribution >= 0.6 is 11.8 Å². The molecule has 1 aliphatic heterocycles. The molecular weight excluding hydrogens is 461 g/mol. The molecule has 2 fully saturated rings. The summed E-state index contributed by atoms with van der Waals surface area (Å²) in [6, 6.07) is 7.54. The first kappa shape index (κ1) is 22.3. The van der Waals surface area contributed by atoms with Crippen molar-refractivity contribution >= 4 is 17.3 Å². The number of nitrogens with zero attached hydrogens (tertiary/aromatic N) is 6. The van der Waals surface area contributed by atoms with E-state index < -0.39 is 5.82 Å². The molecule has 0 unspecified atom stereocenters. The number of rotatable bonds is 4. The molecule has 0 bridgehead atoms. The summed E-state index contributed by atoms with van der Waals surface area (Å²) in [5, 5.41) is 22.8. The largest absolute Gasteiger partial charge is 0.311 e. The smallest absolute Gasteiger partial charge is 0.155 e. The van der Waals surface area contributed by atoms with Gasteiger partial charge in [0.25, 0.3) is 0 Å². The second-order valence-corrected chi connectivity index (χ2v) is 10.6. The van der Waals surface area contributed by atoms with Gasteiger partial charge in [0.2, 0.25) is 0 Å². The first-order valence-corrected chi connectivity index (χ1v) is 12.9. The Hall–Kier alpha value is -3.22. The van der Waals surface area contributed by atoms with Gasteiger partial charge in [-0.05, 0) is 70.2 Å². The zero-order valence-corrected chi connectivity index (χ0v) is 20.4. The van der Waals surface area contributed by atoms with Gasteiger partial charge in [-0.3, -0.25) is 4.68 Å². The number of aromatic nitrogens is 5. The van der Waals surface area contributed by atoms with Gasteiger partial charge in [0.15, 0.2) is 5.82 Å². The van der Waals surface area contributed by atoms with E-state index >= 15 is 0 Å². The van der Waals surface area contributed by atoms with Crippen LogP contribution < -0.4 is 5.32 Å². The summed E-state index contributed by atoms with van der Waals surface area (Å²) in [5.41, 5.74) is 4.49. The van der Waals surface area contributed by atoms with Crippen LogP contribution in [0.4, 0.5) is 4.39 Å². The highest BCUT2D eigenvalue weighted by molar-refractivity contribution is 7.99. The zero-order valence-electron chi connectivity index (χ0n) is 19.5. The van der Waals surface area contributed by atoms with Crippen molar-refractivity contribution in [3.63, 3.8) is 0 Å².